The third kappa shape index (κ3) is 2.83. The Balaban J connectivity index is 1.58. The fraction of sp³-hybridized carbons (Fsp3) is 0.278. The van der Waals surface area contributed by atoms with Gasteiger partial charge in [-0.15, -0.1) is 0 Å². The minimum Gasteiger partial charge on any atom is -0.464 e. The number of para-hydroxylation sites is 1. The number of hydrogen-bond donors (Lipinski definition) is 0. The standard InChI is InChI=1S/C18H17N3O2S/c1-24-18-19-8-12-9-21(7-6-15(12)20-18)10-13-11-23-16-5-3-2-4-14(16)17(13)22/h2-5,8,11H,6-7,9-10H2,1H3. The molecule has 0 atom stereocenters. The number of fused-ring (bicyclic) bond motifs is 2. The quantitative estimate of drug-likeness (QED) is 0.540. The molecule has 4 rings (SSSR count). The van der Waals surface area contributed by atoms with E-state index in [1.165, 1.54) is 0 Å². The molecule has 3 aromatic rings. The molecular weight excluding hydrogens is 322 g/mol. The Kier molecular flexibility index (Phi) is 4.08. The van der Waals surface area contributed by atoms with E-state index in [2.05, 4.69) is 14.9 Å². The summed E-state index contributed by atoms with van der Waals surface area (Å²) in [5.74, 6) is 0. The molecule has 1 aromatic carbocycles. The monoisotopic (exact) mass is 339 g/mol. The Bertz CT molecular complexity index is 954. The Labute approximate surface area is 143 Å². The van der Waals surface area contributed by atoms with Gasteiger partial charge in [0.2, 0.25) is 0 Å². The maximum atomic E-state index is 12.6. The van der Waals surface area contributed by atoms with Crippen LogP contribution in [-0.4, -0.2) is 27.7 Å². The molecule has 0 radical (unpaired) electrons. The highest BCUT2D eigenvalue weighted by atomic mass is 32.2. The maximum absolute atomic E-state index is 12.6. The van der Waals surface area contributed by atoms with Crippen molar-refractivity contribution in [2.24, 2.45) is 0 Å². The van der Waals surface area contributed by atoms with E-state index < -0.39 is 0 Å². The van der Waals surface area contributed by atoms with E-state index in [0.29, 0.717) is 23.1 Å². The second-order valence-electron chi connectivity index (χ2n) is 5.88. The largest absolute Gasteiger partial charge is 0.464 e. The Morgan fingerprint density at radius 1 is 1.33 bits per heavy atom. The van der Waals surface area contributed by atoms with E-state index in [1.807, 2.05) is 36.7 Å². The zero-order valence-electron chi connectivity index (χ0n) is 13.4. The fourth-order valence-corrected chi connectivity index (χ4v) is 3.42. The van der Waals surface area contributed by atoms with Crippen LogP contribution in [0.2, 0.25) is 0 Å². The van der Waals surface area contributed by atoms with Gasteiger partial charge in [0, 0.05) is 43.4 Å². The molecule has 6 heteroatoms. The summed E-state index contributed by atoms with van der Waals surface area (Å²) in [6, 6.07) is 7.36. The molecule has 0 unspecified atom stereocenters. The Hall–Kier alpha value is -2.18. The topological polar surface area (TPSA) is 59.2 Å². The van der Waals surface area contributed by atoms with Crippen molar-refractivity contribution in [1.82, 2.24) is 14.9 Å². The van der Waals surface area contributed by atoms with Crippen molar-refractivity contribution in [3.05, 3.63) is 63.8 Å². The summed E-state index contributed by atoms with van der Waals surface area (Å²) < 4.78 is 5.61. The molecule has 2 aromatic heterocycles. The van der Waals surface area contributed by atoms with E-state index in [4.69, 9.17) is 4.42 Å². The van der Waals surface area contributed by atoms with Crippen LogP contribution < -0.4 is 5.43 Å². The molecule has 0 N–H and O–H groups in total. The van der Waals surface area contributed by atoms with Gasteiger partial charge in [-0.3, -0.25) is 9.69 Å². The van der Waals surface area contributed by atoms with Crippen LogP contribution >= 0.6 is 11.8 Å². The van der Waals surface area contributed by atoms with Crippen molar-refractivity contribution in [2.75, 3.05) is 12.8 Å². The van der Waals surface area contributed by atoms with E-state index in [0.717, 1.165) is 35.9 Å². The zero-order chi connectivity index (χ0) is 16.5. The van der Waals surface area contributed by atoms with E-state index >= 15 is 0 Å². The molecule has 1 aliphatic heterocycles. The number of thioether (sulfide) groups is 1. The average molecular weight is 339 g/mol. The summed E-state index contributed by atoms with van der Waals surface area (Å²) in [6.45, 7) is 2.22. The van der Waals surface area contributed by atoms with Gasteiger partial charge < -0.3 is 4.42 Å². The minimum absolute atomic E-state index is 0.0524. The summed E-state index contributed by atoms with van der Waals surface area (Å²) in [5.41, 5.74) is 3.64. The molecule has 0 saturated heterocycles. The van der Waals surface area contributed by atoms with Gasteiger partial charge in [-0.1, -0.05) is 23.9 Å². The smallest absolute Gasteiger partial charge is 0.197 e. The second-order valence-corrected chi connectivity index (χ2v) is 6.65. The third-order valence-corrected chi connectivity index (χ3v) is 4.88. The molecule has 1 aliphatic rings. The highest BCUT2D eigenvalue weighted by Gasteiger charge is 2.20. The SMILES string of the molecule is CSc1ncc2c(n1)CCN(Cc1coc3ccccc3c1=O)C2. The molecule has 0 fully saturated rings. The molecule has 0 saturated carbocycles. The lowest BCUT2D eigenvalue weighted by atomic mass is 10.1. The molecule has 0 amide bonds. The molecule has 3 heterocycles. The molecule has 5 nitrogen and oxygen atoms in total. The van der Waals surface area contributed by atoms with Crippen LogP contribution in [0.5, 0.6) is 0 Å². The fourth-order valence-electron chi connectivity index (χ4n) is 3.06. The highest BCUT2D eigenvalue weighted by Crippen LogP contribution is 2.20. The van der Waals surface area contributed by atoms with Crippen LogP contribution in [0.15, 0.2) is 51.1 Å². The first kappa shape index (κ1) is 15.4. The molecule has 24 heavy (non-hydrogen) atoms. The lowest BCUT2D eigenvalue weighted by Gasteiger charge is -2.27. The van der Waals surface area contributed by atoms with Gasteiger partial charge in [0.15, 0.2) is 10.6 Å². The minimum atomic E-state index is 0.0524. The van der Waals surface area contributed by atoms with Crippen LogP contribution in [0.1, 0.15) is 16.8 Å². The van der Waals surface area contributed by atoms with E-state index in [-0.39, 0.29) is 5.43 Å². The first-order chi connectivity index (χ1) is 11.7. The van der Waals surface area contributed by atoms with Crippen molar-refractivity contribution in [2.45, 2.75) is 24.7 Å². The Morgan fingerprint density at radius 2 is 2.21 bits per heavy atom. The Morgan fingerprint density at radius 3 is 3.08 bits per heavy atom. The number of aromatic nitrogens is 2. The van der Waals surface area contributed by atoms with Crippen molar-refractivity contribution in [3.63, 3.8) is 0 Å². The van der Waals surface area contributed by atoms with Crippen molar-refractivity contribution in [1.29, 1.82) is 0 Å². The van der Waals surface area contributed by atoms with Gasteiger partial charge in [-0.05, 0) is 18.4 Å². The molecular formula is C18H17N3O2S. The van der Waals surface area contributed by atoms with Crippen LogP contribution in [0.3, 0.4) is 0 Å². The van der Waals surface area contributed by atoms with Gasteiger partial charge in [0.1, 0.15) is 5.58 Å². The molecule has 0 spiro atoms. The zero-order valence-corrected chi connectivity index (χ0v) is 14.2. The van der Waals surface area contributed by atoms with Crippen molar-refractivity contribution in [3.8, 4) is 0 Å². The summed E-state index contributed by atoms with van der Waals surface area (Å²) in [7, 11) is 0. The number of rotatable bonds is 3. The molecule has 0 aliphatic carbocycles. The first-order valence-electron chi connectivity index (χ1n) is 7.85. The van der Waals surface area contributed by atoms with Gasteiger partial charge in [-0.25, -0.2) is 9.97 Å². The first-order valence-corrected chi connectivity index (χ1v) is 9.07. The van der Waals surface area contributed by atoms with Gasteiger partial charge in [0.05, 0.1) is 17.3 Å². The third-order valence-electron chi connectivity index (χ3n) is 4.32. The lowest BCUT2D eigenvalue weighted by molar-refractivity contribution is 0.240. The summed E-state index contributed by atoms with van der Waals surface area (Å²) in [5, 5.41) is 1.46. The van der Waals surface area contributed by atoms with Crippen LogP contribution in [0.4, 0.5) is 0 Å². The average Bonchev–Trinajstić information content (AvgIpc) is 2.64. The van der Waals surface area contributed by atoms with Gasteiger partial charge in [-0.2, -0.15) is 0 Å². The molecule has 0 bridgehead atoms. The number of nitrogens with zero attached hydrogens (tertiary/aromatic N) is 3. The van der Waals surface area contributed by atoms with Crippen molar-refractivity contribution < 1.29 is 4.42 Å². The second kappa shape index (κ2) is 6.37. The van der Waals surface area contributed by atoms with Crippen LogP contribution in [0, 0.1) is 0 Å². The maximum Gasteiger partial charge on any atom is 0.197 e. The van der Waals surface area contributed by atoms with Crippen molar-refractivity contribution >= 4 is 22.7 Å². The summed E-state index contributed by atoms with van der Waals surface area (Å²) in [4.78, 5) is 23.8. The van der Waals surface area contributed by atoms with Crippen LogP contribution in [0.25, 0.3) is 11.0 Å². The molecule has 122 valence electrons. The van der Waals surface area contributed by atoms with E-state index in [1.54, 1.807) is 18.0 Å². The highest BCUT2D eigenvalue weighted by molar-refractivity contribution is 7.98. The van der Waals surface area contributed by atoms with Gasteiger partial charge in [0.25, 0.3) is 0 Å². The van der Waals surface area contributed by atoms with E-state index in [9.17, 15) is 4.79 Å². The summed E-state index contributed by atoms with van der Waals surface area (Å²) >= 11 is 1.56. The normalized spacial score (nSPS) is 14.7. The number of benzene rings is 1. The predicted molar refractivity (Wildman–Crippen MR) is 94.1 cm³/mol. The lowest BCUT2D eigenvalue weighted by Crippen LogP contribution is -2.32. The predicted octanol–water partition coefficient (Wildman–Crippen LogP) is 2.86. The number of hydrogen-bond acceptors (Lipinski definition) is 6. The van der Waals surface area contributed by atoms with Gasteiger partial charge >= 0.3 is 0 Å². The van der Waals surface area contributed by atoms with Crippen LogP contribution in [-0.2, 0) is 19.5 Å². The summed E-state index contributed by atoms with van der Waals surface area (Å²) in [6.07, 6.45) is 6.36.